The first kappa shape index (κ1) is 12.3. The Kier molecular flexibility index (Phi) is 4.29. The van der Waals surface area contributed by atoms with Crippen molar-refractivity contribution in [2.24, 2.45) is 0 Å². The number of carbonyl (C=O) groups excluding carboxylic acids is 1. The van der Waals surface area contributed by atoms with Crippen LogP contribution in [0.3, 0.4) is 0 Å². The smallest absolute Gasteiger partial charge is 0.172 e. The van der Waals surface area contributed by atoms with Gasteiger partial charge in [0.25, 0.3) is 0 Å². The first-order chi connectivity index (χ1) is 8.25. The van der Waals surface area contributed by atoms with E-state index in [-0.39, 0.29) is 5.78 Å². The molecule has 17 heavy (non-hydrogen) atoms. The summed E-state index contributed by atoms with van der Waals surface area (Å²) >= 11 is 7.30. The molecule has 0 spiro atoms. The van der Waals surface area contributed by atoms with Crippen LogP contribution in [0.1, 0.15) is 16.1 Å². The van der Waals surface area contributed by atoms with Crippen molar-refractivity contribution in [1.29, 1.82) is 0 Å². The maximum atomic E-state index is 11.8. The highest BCUT2D eigenvalue weighted by Gasteiger charge is 2.06. The summed E-state index contributed by atoms with van der Waals surface area (Å²) in [5.74, 6) is 2.16. The van der Waals surface area contributed by atoms with Crippen LogP contribution < -0.4 is 0 Å². The first-order valence-corrected chi connectivity index (χ1v) is 6.68. The summed E-state index contributed by atoms with van der Waals surface area (Å²) in [5, 5.41) is 0.643. The molecule has 2 aromatic rings. The normalized spacial score (nSPS) is 10.4. The van der Waals surface area contributed by atoms with Gasteiger partial charge in [0.15, 0.2) is 5.78 Å². The monoisotopic (exact) mass is 266 g/mol. The summed E-state index contributed by atoms with van der Waals surface area (Å²) in [6, 6.07) is 10.7. The summed E-state index contributed by atoms with van der Waals surface area (Å²) in [6.45, 7) is 0. The Labute approximate surface area is 109 Å². The molecule has 0 aliphatic carbocycles. The SMILES string of the molecule is O=C(CSCc1ccco1)c1ccc(Cl)cc1. The van der Waals surface area contributed by atoms with Gasteiger partial charge in [-0.3, -0.25) is 4.79 Å². The van der Waals surface area contributed by atoms with Crippen LogP contribution in [0.15, 0.2) is 47.1 Å². The summed E-state index contributed by atoms with van der Waals surface area (Å²) in [5.41, 5.74) is 0.696. The van der Waals surface area contributed by atoms with Crippen LogP contribution in [-0.4, -0.2) is 11.5 Å². The fourth-order valence-corrected chi connectivity index (χ4v) is 2.30. The molecule has 88 valence electrons. The Hall–Kier alpha value is -1.19. The Balaban J connectivity index is 1.83. The van der Waals surface area contributed by atoms with Crippen molar-refractivity contribution in [2.75, 3.05) is 5.75 Å². The van der Waals surface area contributed by atoms with E-state index in [0.29, 0.717) is 22.1 Å². The predicted octanol–water partition coefficient (Wildman–Crippen LogP) is 4.05. The fraction of sp³-hybridized carbons (Fsp3) is 0.154. The molecule has 1 heterocycles. The molecule has 4 heteroatoms. The summed E-state index contributed by atoms with van der Waals surface area (Å²) in [4.78, 5) is 11.8. The molecule has 2 rings (SSSR count). The molecule has 0 saturated carbocycles. The molecule has 1 aromatic carbocycles. The highest BCUT2D eigenvalue weighted by molar-refractivity contribution is 7.99. The van der Waals surface area contributed by atoms with Gasteiger partial charge in [-0.15, -0.1) is 11.8 Å². The van der Waals surface area contributed by atoms with Gasteiger partial charge in [-0.25, -0.2) is 0 Å². The average molecular weight is 267 g/mol. The molecule has 0 unspecified atom stereocenters. The zero-order chi connectivity index (χ0) is 12.1. The number of hydrogen-bond acceptors (Lipinski definition) is 3. The van der Waals surface area contributed by atoms with Gasteiger partial charge in [-0.2, -0.15) is 0 Å². The molecule has 0 amide bonds. The topological polar surface area (TPSA) is 30.2 Å². The van der Waals surface area contributed by atoms with Crippen molar-refractivity contribution in [3.8, 4) is 0 Å². The lowest BCUT2D eigenvalue weighted by atomic mass is 10.1. The third kappa shape index (κ3) is 3.65. The number of carbonyl (C=O) groups is 1. The Morgan fingerprint density at radius 3 is 2.65 bits per heavy atom. The molecule has 0 fully saturated rings. The van der Waals surface area contributed by atoms with Crippen molar-refractivity contribution in [1.82, 2.24) is 0 Å². The number of furan rings is 1. The Morgan fingerprint density at radius 1 is 1.24 bits per heavy atom. The molecular formula is C13H11ClO2S. The standard InChI is InChI=1S/C13H11ClO2S/c14-11-5-3-10(4-6-11)13(15)9-17-8-12-2-1-7-16-12/h1-7H,8-9H2. The van der Waals surface area contributed by atoms with E-state index < -0.39 is 0 Å². The zero-order valence-corrected chi connectivity index (χ0v) is 10.6. The third-order valence-corrected chi connectivity index (χ3v) is 3.43. The number of benzene rings is 1. The van der Waals surface area contributed by atoms with Gasteiger partial charge in [0, 0.05) is 10.6 Å². The van der Waals surface area contributed by atoms with E-state index >= 15 is 0 Å². The van der Waals surface area contributed by atoms with E-state index in [9.17, 15) is 4.79 Å². The molecule has 2 nitrogen and oxygen atoms in total. The number of ketones is 1. The number of hydrogen-bond donors (Lipinski definition) is 0. The summed E-state index contributed by atoms with van der Waals surface area (Å²) < 4.78 is 5.19. The molecule has 0 atom stereocenters. The van der Waals surface area contributed by atoms with E-state index in [1.165, 1.54) is 0 Å². The van der Waals surface area contributed by atoms with Crippen molar-refractivity contribution in [3.63, 3.8) is 0 Å². The van der Waals surface area contributed by atoms with Gasteiger partial charge in [-0.05, 0) is 36.4 Å². The van der Waals surface area contributed by atoms with E-state index in [4.69, 9.17) is 16.0 Å². The van der Waals surface area contributed by atoms with Crippen molar-refractivity contribution in [3.05, 3.63) is 59.0 Å². The maximum Gasteiger partial charge on any atom is 0.172 e. The van der Waals surface area contributed by atoms with Gasteiger partial charge < -0.3 is 4.42 Å². The van der Waals surface area contributed by atoms with Crippen LogP contribution in [0.4, 0.5) is 0 Å². The van der Waals surface area contributed by atoms with Gasteiger partial charge in [-0.1, -0.05) is 11.6 Å². The van der Waals surface area contributed by atoms with Crippen LogP contribution in [0.5, 0.6) is 0 Å². The van der Waals surface area contributed by atoms with Crippen LogP contribution in [0.2, 0.25) is 5.02 Å². The molecule has 0 N–H and O–H groups in total. The minimum Gasteiger partial charge on any atom is -0.468 e. The van der Waals surface area contributed by atoms with Gasteiger partial charge in [0.05, 0.1) is 17.8 Å². The lowest BCUT2D eigenvalue weighted by Crippen LogP contribution is -2.02. The minimum atomic E-state index is 0.109. The second kappa shape index (κ2) is 5.94. The van der Waals surface area contributed by atoms with Gasteiger partial charge in [0.2, 0.25) is 0 Å². The van der Waals surface area contributed by atoms with Crippen molar-refractivity contribution in [2.45, 2.75) is 5.75 Å². The number of halogens is 1. The van der Waals surface area contributed by atoms with Crippen LogP contribution in [0.25, 0.3) is 0 Å². The molecule has 1 aromatic heterocycles. The van der Waals surface area contributed by atoms with Gasteiger partial charge in [0.1, 0.15) is 5.76 Å². The fourth-order valence-electron chi connectivity index (χ4n) is 1.36. The molecule has 0 radical (unpaired) electrons. The largest absolute Gasteiger partial charge is 0.468 e. The Morgan fingerprint density at radius 2 is 2.00 bits per heavy atom. The van der Waals surface area contributed by atoms with E-state index in [1.54, 1.807) is 42.3 Å². The lowest BCUT2D eigenvalue weighted by Gasteiger charge is -2.00. The summed E-state index contributed by atoms with van der Waals surface area (Å²) in [7, 11) is 0. The Bertz CT molecular complexity index is 477. The van der Waals surface area contributed by atoms with E-state index in [1.807, 2.05) is 12.1 Å². The van der Waals surface area contributed by atoms with Crippen molar-refractivity contribution >= 4 is 29.1 Å². The molecule has 0 aliphatic heterocycles. The molecule has 0 bridgehead atoms. The second-order valence-electron chi connectivity index (χ2n) is 3.50. The minimum absolute atomic E-state index is 0.109. The van der Waals surface area contributed by atoms with Crippen LogP contribution in [-0.2, 0) is 5.75 Å². The first-order valence-electron chi connectivity index (χ1n) is 5.14. The highest BCUT2D eigenvalue weighted by atomic mass is 35.5. The lowest BCUT2D eigenvalue weighted by molar-refractivity contribution is 0.102. The quantitative estimate of drug-likeness (QED) is 0.765. The molecular weight excluding hydrogens is 256 g/mol. The number of Topliss-reactive ketones (excluding diaryl/α,β-unsaturated/α-hetero) is 1. The zero-order valence-electron chi connectivity index (χ0n) is 9.06. The predicted molar refractivity (Wildman–Crippen MR) is 70.7 cm³/mol. The highest BCUT2D eigenvalue weighted by Crippen LogP contribution is 2.15. The summed E-state index contributed by atoms with van der Waals surface area (Å²) in [6.07, 6.45) is 1.64. The van der Waals surface area contributed by atoms with Crippen LogP contribution >= 0.6 is 23.4 Å². The number of thioether (sulfide) groups is 1. The van der Waals surface area contributed by atoms with E-state index in [2.05, 4.69) is 0 Å². The maximum absolute atomic E-state index is 11.8. The van der Waals surface area contributed by atoms with Crippen LogP contribution in [0, 0.1) is 0 Å². The second-order valence-corrected chi connectivity index (χ2v) is 4.92. The average Bonchev–Trinajstić information content (AvgIpc) is 2.83. The number of rotatable bonds is 5. The van der Waals surface area contributed by atoms with E-state index in [0.717, 1.165) is 5.76 Å². The van der Waals surface area contributed by atoms with Gasteiger partial charge >= 0.3 is 0 Å². The molecule has 0 saturated heterocycles. The van der Waals surface area contributed by atoms with Crippen molar-refractivity contribution < 1.29 is 9.21 Å². The molecule has 0 aliphatic rings. The third-order valence-electron chi connectivity index (χ3n) is 2.22.